The van der Waals surface area contributed by atoms with Crippen LogP contribution in [0, 0.1) is 6.92 Å². The third-order valence-electron chi connectivity index (χ3n) is 2.83. The highest BCUT2D eigenvalue weighted by Crippen LogP contribution is 2.14. The van der Waals surface area contributed by atoms with Gasteiger partial charge in [-0.1, -0.05) is 0 Å². The molecular weight excluding hydrogens is 208 g/mol. The molecule has 1 fully saturated rings. The molecule has 0 atom stereocenters. The zero-order chi connectivity index (χ0) is 10.7. The van der Waals surface area contributed by atoms with E-state index in [1.807, 2.05) is 12.4 Å². The number of carbonyl (C=O) groups is 1. The second-order valence-electron chi connectivity index (χ2n) is 4.03. The quantitative estimate of drug-likeness (QED) is 0.783. The summed E-state index contributed by atoms with van der Waals surface area (Å²) in [6.45, 7) is 4.77. The highest BCUT2D eigenvalue weighted by atomic mass is 32.1. The van der Waals surface area contributed by atoms with Crippen LogP contribution in [0.15, 0.2) is 5.51 Å². The van der Waals surface area contributed by atoms with Gasteiger partial charge in [0.25, 0.3) is 0 Å². The zero-order valence-corrected chi connectivity index (χ0v) is 9.85. The van der Waals surface area contributed by atoms with Gasteiger partial charge >= 0.3 is 0 Å². The highest BCUT2D eigenvalue weighted by Gasteiger charge is 2.16. The fourth-order valence-corrected chi connectivity index (χ4v) is 2.69. The van der Waals surface area contributed by atoms with Crippen LogP contribution in [0.2, 0.25) is 0 Å². The van der Waals surface area contributed by atoms with Crippen molar-refractivity contribution in [3.63, 3.8) is 0 Å². The molecule has 0 radical (unpaired) electrons. The number of Topliss-reactive ketones (excluding diaryl/α,β-unsaturated/α-hetero) is 1. The molecule has 4 heteroatoms. The molecule has 0 aromatic carbocycles. The molecule has 0 amide bonds. The van der Waals surface area contributed by atoms with Crippen LogP contribution in [0.25, 0.3) is 0 Å². The summed E-state index contributed by atoms with van der Waals surface area (Å²) in [5.41, 5.74) is 3.04. The predicted molar refractivity (Wildman–Crippen MR) is 61.2 cm³/mol. The number of likely N-dealkylation sites (tertiary alicyclic amines) is 1. The number of carbonyl (C=O) groups excluding carboxylic acids is 1. The van der Waals surface area contributed by atoms with Crippen LogP contribution in [0.5, 0.6) is 0 Å². The molecule has 2 rings (SSSR count). The van der Waals surface area contributed by atoms with E-state index < -0.39 is 0 Å². The largest absolute Gasteiger partial charge is 0.298 e. The van der Waals surface area contributed by atoms with Gasteiger partial charge in [0, 0.05) is 17.8 Å². The highest BCUT2D eigenvalue weighted by molar-refractivity contribution is 7.09. The van der Waals surface area contributed by atoms with E-state index in [0.29, 0.717) is 12.3 Å². The molecule has 0 saturated carbocycles. The first-order valence-electron chi connectivity index (χ1n) is 5.39. The summed E-state index contributed by atoms with van der Waals surface area (Å²) >= 11 is 1.72. The van der Waals surface area contributed by atoms with E-state index in [1.54, 1.807) is 11.3 Å². The second kappa shape index (κ2) is 4.86. The Hall–Kier alpha value is -0.740. The lowest BCUT2D eigenvalue weighted by Gasteiger charge is -2.25. The number of hydrogen-bond acceptors (Lipinski definition) is 4. The molecule has 3 nitrogen and oxygen atoms in total. The van der Waals surface area contributed by atoms with E-state index in [0.717, 1.165) is 38.0 Å². The Morgan fingerprint density at radius 3 is 3.13 bits per heavy atom. The van der Waals surface area contributed by atoms with E-state index in [-0.39, 0.29) is 0 Å². The number of hydrogen-bond donors (Lipinski definition) is 0. The van der Waals surface area contributed by atoms with E-state index >= 15 is 0 Å². The number of aryl methyl sites for hydroxylation is 1. The molecule has 0 bridgehead atoms. The number of piperidine rings is 1. The fraction of sp³-hybridized carbons (Fsp3) is 0.636. The molecule has 0 N–H and O–H groups in total. The predicted octanol–water partition coefficient (Wildman–Crippen LogP) is 1.66. The third kappa shape index (κ3) is 2.86. The number of ketones is 1. The first-order valence-corrected chi connectivity index (χ1v) is 6.26. The maximum absolute atomic E-state index is 11.3. The van der Waals surface area contributed by atoms with Crippen LogP contribution in [0.1, 0.15) is 23.4 Å². The van der Waals surface area contributed by atoms with Gasteiger partial charge in [0.2, 0.25) is 0 Å². The fourth-order valence-electron chi connectivity index (χ4n) is 1.92. The van der Waals surface area contributed by atoms with E-state index in [1.165, 1.54) is 4.88 Å². The van der Waals surface area contributed by atoms with Crippen molar-refractivity contribution < 1.29 is 4.79 Å². The summed E-state index contributed by atoms with van der Waals surface area (Å²) in [6, 6.07) is 0. The molecule has 1 aliphatic heterocycles. The average Bonchev–Trinajstić information content (AvgIpc) is 2.61. The van der Waals surface area contributed by atoms with Gasteiger partial charge in [0.1, 0.15) is 5.78 Å². The zero-order valence-electron chi connectivity index (χ0n) is 9.03. The maximum Gasteiger partial charge on any atom is 0.146 e. The van der Waals surface area contributed by atoms with Crippen molar-refractivity contribution in [1.29, 1.82) is 0 Å². The molecule has 1 aromatic rings. The summed E-state index contributed by atoms with van der Waals surface area (Å²) < 4.78 is 0. The summed E-state index contributed by atoms with van der Waals surface area (Å²) in [7, 11) is 0. The van der Waals surface area contributed by atoms with Gasteiger partial charge in [-0.15, -0.1) is 11.3 Å². The molecule has 0 unspecified atom stereocenters. The lowest BCUT2D eigenvalue weighted by molar-refractivity contribution is -0.122. The molecule has 0 aliphatic carbocycles. The molecule has 15 heavy (non-hydrogen) atoms. The van der Waals surface area contributed by atoms with Crippen LogP contribution >= 0.6 is 11.3 Å². The van der Waals surface area contributed by atoms with Crippen molar-refractivity contribution in [2.24, 2.45) is 0 Å². The Labute approximate surface area is 94.1 Å². The minimum absolute atomic E-state index is 0.391. The van der Waals surface area contributed by atoms with E-state index in [9.17, 15) is 4.79 Å². The molecular formula is C11H16N2OS. The third-order valence-corrected chi connectivity index (χ3v) is 3.82. The Morgan fingerprint density at radius 2 is 2.47 bits per heavy atom. The van der Waals surface area contributed by atoms with Gasteiger partial charge in [-0.05, 0) is 26.3 Å². The van der Waals surface area contributed by atoms with Crippen LogP contribution in [-0.4, -0.2) is 35.3 Å². The van der Waals surface area contributed by atoms with E-state index in [2.05, 4.69) is 9.88 Å². The molecule has 1 aliphatic rings. The topological polar surface area (TPSA) is 33.2 Å². The Morgan fingerprint density at radius 1 is 1.60 bits per heavy atom. The van der Waals surface area contributed by atoms with Gasteiger partial charge in [-0.3, -0.25) is 9.69 Å². The summed E-state index contributed by atoms with van der Waals surface area (Å²) in [5, 5.41) is 0. The van der Waals surface area contributed by atoms with Crippen molar-refractivity contribution in [1.82, 2.24) is 9.88 Å². The molecule has 2 heterocycles. The molecule has 1 aromatic heterocycles. The van der Waals surface area contributed by atoms with Crippen molar-refractivity contribution in [2.75, 3.05) is 19.6 Å². The minimum atomic E-state index is 0.391. The SMILES string of the molecule is Cc1ncsc1CCN1CCCC(=O)C1. The van der Waals surface area contributed by atoms with Gasteiger partial charge in [-0.25, -0.2) is 4.98 Å². The molecule has 1 saturated heterocycles. The Bertz CT molecular complexity index is 348. The van der Waals surface area contributed by atoms with Crippen LogP contribution in [-0.2, 0) is 11.2 Å². The standard InChI is InChI=1S/C11H16N2OS/c1-9-11(15-8-12-9)4-6-13-5-2-3-10(14)7-13/h8H,2-7H2,1H3. The van der Waals surface area contributed by atoms with Crippen molar-refractivity contribution in [2.45, 2.75) is 26.2 Å². The lowest BCUT2D eigenvalue weighted by atomic mass is 10.1. The van der Waals surface area contributed by atoms with Gasteiger partial charge in [0.15, 0.2) is 0 Å². The summed E-state index contributed by atoms with van der Waals surface area (Å²) in [6.07, 6.45) is 2.83. The van der Waals surface area contributed by atoms with Crippen LogP contribution < -0.4 is 0 Å². The minimum Gasteiger partial charge on any atom is -0.298 e. The van der Waals surface area contributed by atoms with Crippen molar-refractivity contribution in [3.05, 3.63) is 16.1 Å². The van der Waals surface area contributed by atoms with Crippen molar-refractivity contribution in [3.8, 4) is 0 Å². The number of aromatic nitrogens is 1. The second-order valence-corrected chi connectivity index (χ2v) is 4.97. The number of rotatable bonds is 3. The Balaban J connectivity index is 1.83. The number of nitrogens with zero attached hydrogens (tertiary/aromatic N) is 2. The monoisotopic (exact) mass is 224 g/mol. The first kappa shape index (κ1) is 10.8. The summed E-state index contributed by atoms with van der Waals surface area (Å²) in [4.78, 5) is 19.1. The van der Waals surface area contributed by atoms with Crippen molar-refractivity contribution >= 4 is 17.1 Å². The first-order chi connectivity index (χ1) is 7.25. The average molecular weight is 224 g/mol. The maximum atomic E-state index is 11.3. The normalized spacial score (nSPS) is 18.3. The smallest absolute Gasteiger partial charge is 0.146 e. The Kier molecular flexibility index (Phi) is 3.49. The molecule has 82 valence electrons. The van der Waals surface area contributed by atoms with Gasteiger partial charge < -0.3 is 0 Å². The van der Waals surface area contributed by atoms with Crippen LogP contribution in [0.4, 0.5) is 0 Å². The van der Waals surface area contributed by atoms with Gasteiger partial charge in [0.05, 0.1) is 17.7 Å². The van der Waals surface area contributed by atoms with E-state index in [4.69, 9.17) is 0 Å². The molecule has 0 spiro atoms. The van der Waals surface area contributed by atoms with Gasteiger partial charge in [-0.2, -0.15) is 0 Å². The summed E-state index contributed by atoms with van der Waals surface area (Å²) in [5.74, 6) is 0.391. The number of thiazole rings is 1. The van der Waals surface area contributed by atoms with Crippen LogP contribution in [0.3, 0.4) is 0 Å². The lowest BCUT2D eigenvalue weighted by Crippen LogP contribution is -2.36.